The molecule has 1 N–H and O–H groups in total. The van der Waals surface area contributed by atoms with Crippen LogP contribution in [0.15, 0.2) is 0 Å². The van der Waals surface area contributed by atoms with Crippen molar-refractivity contribution in [2.75, 3.05) is 13.0 Å². The van der Waals surface area contributed by atoms with Crippen molar-refractivity contribution < 1.29 is 14.3 Å². The molecular weight excluding hydrogens is 194 g/mol. The molecule has 0 aromatic heterocycles. The fourth-order valence-electron chi connectivity index (χ4n) is 0.803. The van der Waals surface area contributed by atoms with Crippen LogP contribution in [0.2, 0.25) is 0 Å². The highest BCUT2D eigenvalue weighted by atomic mass is 35.5. The maximum absolute atomic E-state index is 11.1. The zero-order valence-corrected chi connectivity index (χ0v) is 8.77. The molecule has 0 aliphatic rings. The third-order valence-corrected chi connectivity index (χ3v) is 1.66. The summed E-state index contributed by atoms with van der Waals surface area (Å²) in [6.45, 7) is 3.15. The van der Waals surface area contributed by atoms with E-state index in [2.05, 4.69) is 10.1 Å². The van der Waals surface area contributed by atoms with Crippen LogP contribution in [0.3, 0.4) is 0 Å². The number of hydrogen-bond acceptors (Lipinski definition) is 3. The van der Waals surface area contributed by atoms with Gasteiger partial charge in [-0.25, -0.2) is 4.79 Å². The second-order valence-electron chi connectivity index (χ2n) is 3.10. The predicted octanol–water partition coefficient (Wildman–Crippen LogP) is 0.683. The zero-order chi connectivity index (χ0) is 10.5. The van der Waals surface area contributed by atoms with Crippen LogP contribution in [-0.4, -0.2) is 30.4 Å². The van der Waals surface area contributed by atoms with Crippen LogP contribution >= 0.6 is 11.6 Å². The van der Waals surface area contributed by atoms with Crippen LogP contribution in [-0.2, 0) is 14.3 Å². The van der Waals surface area contributed by atoms with E-state index in [1.807, 2.05) is 0 Å². The van der Waals surface area contributed by atoms with Crippen molar-refractivity contribution in [3.8, 4) is 0 Å². The Hall–Kier alpha value is -0.770. The van der Waals surface area contributed by atoms with Gasteiger partial charge in [0.1, 0.15) is 5.54 Å². The third-order valence-electron chi connectivity index (χ3n) is 1.47. The van der Waals surface area contributed by atoms with Crippen molar-refractivity contribution in [3.63, 3.8) is 0 Å². The number of esters is 1. The molecule has 0 saturated carbocycles. The van der Waals surface area contributed by atoms with E-state index in [-0.39, 0.29) is 18.2 Å². The highest BCUT2D eigenvalue weighted by Gasteiger charge is 2.29. The summed E-state index contributed by atoms with van der Waals surface area (Å²) in [5.74, 6) is -0.496. The van der Waals surface area contributed by atoms with E-state index in [1.165, 1.54) is 7.11 Å². The monoisotopic (exact) mass is 207 g/mol. The van der Waals surface area contributed by atoms with E-state index in [0.717, 1.165) is 0 Å². The summed E-state index contributed by atoms with van der Waals surface area (Å²) in [6.07, 6.45) is 0.196. The number of halogens is 1. The van der Waals surface area contributed by atoms with Crippen LogP contribution in [0.25, 0.3) is 0 Å². The topological polar surface area (TPSA) is 55.4 Å². The first-order valence-corrected chi connectivity index (χ1v) is 4.43. The van der Waals surface area contributed by atoms with Crippen molar-refractivity contribution in [2.45, 2.75) is 25.8 Å². The highest BCUT2D eigenvalue weighted by molar-refractivity contribution is 6.19. The first kappa shape index (κ1) is 12.2. The number of alkyl halides is 1. The van der Waals surface area contributed by atoms with Gasteiger partial charge in [-0.05, 0) is 13.8 Å². The van der Waals surface area contributed by atoms with Gasteiger partial charge < -0.3 is 10.1 Å². The Morgan fingerprint density at radius 2 is 2.00 bits per heavy atom. The summed E-state index contributed by atoms with van der Waals surface area (Å²) in [4.78, 5) is 22.2. The standard InChI is InChI=1S/C8H14ClNO3/c1-8(2,7(12)13-3)10-6(11)4-5-9/h4-5H2,1-3H3,(H,10,11). The minimum absolute atomic E-state index is 0.196. The highest BCUT2D eigenvalue weighted by Crippen LogP contribution is 2.04. The summed E-state index contributed by atoms with van der Waals surface area (Å²) in [5, 5.41) is 2.51. The Morgan fingerprint density at radius 1 is 1.46 bits per heavy atom. The largest absolute Gasteiger partial charge is 0.467 e. The molecule has 13 heavy (non-hydrogen) atoms. The summed E-state index contributed by atoms with van der Waals surface area (Å²) in [7, 11) is 1.28. The Morgan fingerprint density at radius 3 is 2.38 bits per heavy atom. The van der Waals surface area contributed by atoms with Crippen LogP contribution in [0, 0.1) is 0 Å². The molecule has 0 fully saturated rings. The van der Waals surface area contributed by atoms with E-state index >= 15 is 0 Å². The zero-order valence-electron chi connectivity index (χ0n) is 8.02. The second-order valence-corrected chi connectivity index (χ2v) is 3.48. The van der Waals surface area contributed by atoms with Crippen LogP contribution < -0.4 is 5.32 Å². The normalized spacial score (nSPS) is 10.8. The van der Waals surface area contributed by atoms with Crippen molar-refractivity contribution in [1.82, 2.24) is 5.32 Å². The first-order valence-electron chi connectivity index (χ1n) is 3.89. The lowest BCUT2D eigenvalue weighted by Gasteiger charge is -2.22. The van der Waals surface area contributed by atoms with Gasteiger partial charge >= 0.3 is 5.97 Å². The molecule has 0 unspecified atom stereocenters. The fourth-order valence-corrected chi connectivity index (χ4v) is 0.975. The smallest absolute Gasteiger partial charge is 0.330 e. The lowest BCUT2D eigenvalue weighted by molar-refractivity contribution is -0.149. The molecule has 0 rings (SSSR count). The molecular formula is C8H14ClNO3. The maximum atomic E-state index is 11.1. The number of nitrogens with one attached hydrogen (secondary N) is 1. The molecule has 0 radical (unpaired) electrons. The number of amides is 1. The predicted molar refractivity (Wildman–Crippen MR) is 49.6 cm³/mol. The molecule has 0 aliphatic carbocycles. The number of ether oxygens (including phenoxy) is 1. The first-order chi connectivity index (χ1) is 5.94. The van der Waals surface area contributed by atoms with Gasteiger partial charge in [0, 0.05) is 12.3 Å². The minimum Gasteiger partial charge on any atom is -0.467 e. The molecule has 1 amide bonds. The van der Waals surface area contributed by atoms with Crippen molar-refractivity contribution in [2.24, 2.45) is 0 Å². The Balaban J connectivity index is 4.16. The molecule has 76 valence electrons. The summed E-state index contributed by atoms with van der Waals surface area (Å²) in [5.41, 5.74) is -0.988. The van der Waals surface area contributed by atoms with Gasteiger partial charge in [-0.2, -0.15) is 0 Å². The lowest BCUT2D eigenvalue weighted by atomic mass is 10.1. The quantitative estimate of drug-likeness (QED) is 0.545. The summed E-state index contributed by atoms with van der Waals surface area (Å²) < 4.78 is 4.51. The van der Waals surface area contributed by atoms with Gasteiger partial charge in [-0.3, -0.25) is 4.79 Å². The number of methoxy groups -OCH3 is 1. The van der Waals surface area contributed by atoms with Gasteiger partial charge in [-0.15, -0.1) is 11.6 Å². The van der Waals surface area contributed by atoms with Gasteiger partial charge in [0.15, 0.2) is 0 Å². The Kier molecular flexibility index (Phi) is 4.77. The van der Waals surface area contributed by atoms with Crippen molar-refractivity contribution in [1.29, 1.82) is 0 Å². The van der Waals surface area contributed by atoms with E-state index in [4.69, 9.17) is 11.6 Å². The van der Waals surface area contributed by atoms with Crippen LogP contribution in [0.4, 0.5) is 0 Å². The Bertz CT molecular complexity index is 204. The molecule has 0 aromatic carbocycles. The number of hydrogen-bond donors (Lipinski definition) is 1. The average Bonchev–Trinajstić information content (AvgIpc) is 2.02. The number of carbonyl (C=O) groups excluding carboxylic acids is 2. The van der Waals surface area contributed by atoms with Crippen molar-refractivity contribution in [3.05, 3.63) is 0 Å². The third kappa shape index (κ3) is 4.12. The molecule has 0 aliphatic heterocycles. The molecule has 0 heterocycles. The molecule has 0 bridgehead atoms. The minimum atomic E-state index is -0.988. The molecule has 5 heteroatoms. The fraction of sp³-hybridized carbons (Fsp3) is 0.750. The molecule has 0 atom stereocenters. The summed E-state index contributed by atoms with van der Waals surface area (Å²) >= 11 is 5.36. The van der Waals surface area contributed by atoms with E-state index < -0.39 is 11.5 Å². The van der Waals surface area contributed by atoms with Crippen LogP contribution in [0.1, 0.15) is 20.3 Å². The van der Waals surface area contributed by atoms with Gasteiger partial charge in [0.05, 0.1) is 7.11 Å². The molecule has 0 spiro atoms. The SMILES string of the molecule is COC(=O)C(C)(C)NC(=O)CCCl. The van der Waals surface area contributed by atoms with Crippen LogP contribution in [0.5, 0.6) is 0 Å². The van der Waals surface area contributed by atoms with E-state index in [1.54, 1.807) is 13.8 Å². The number of carbonyl (C=O) groups is 2. The Labute approximate surface area is 82.6 Å². The molecule has 0 aromatic rings. The molecule has 4 nitrogen and oxygen atoms in total. The van der Waals surface area contributed by atoms with E-state index in [0.29, 0.717) is 0 Å². The number of rotatable bonds is 4. The molecule has 0 saturated heterocycles. The van der Waals surface area contributed by atoms with Gasteiger partial charge in [0.25, 0.3) is 0 Å². The van der Waals surface area contributed by atoms with Gasteiger partial charge in [-0.1, -0.05) is 0 Å². The van der Waals surface area contributed by atoms with Crippen molar-refractivity contribution >= 4 is 23.5 Å². The maximum Gasteiger partial charge on any atom is 0.330 e. The van der Waals surface area contributed by atoms with E-state index in [9.17, 15) is 9.59 Å². The second kappa shape index (κ2) is 5.07. The average molecular weight is 208 g/mol. The summed E-state index contributed by atoms with van der Waals surface area (Å²) in [6, 6.07) is 0. The lowest BCUT2D eigenvalue weighted by Crippen LogP contribution is -2.50. The van der Waals surface area contributed by atoms with Gasteiger partial charge in [0.2, 0.25) is 5.91 Å².